The predicted molar refractivity (Wildman–Crippen MR) is 85.9 cm³/mol. The maximum atomic E-state index is 12.5. The van der Waals surface area contributed by atoms with E-state index in [9.17, 15) is 4.79 Å². The van der Waals surface area contributed by atoms with Gasteiger partial charge in [-0.2, -0.15) is 0 Å². The van der Waals surface area contributed by atoms with E-state index in [1.807, 2.05) is 28.8 Å². The standard InChI is InChI=1S/C16H16ClNO2S/c17-13-5-3-12(4-6-13)16(19)18-8-7-15(21-11-9-18)14-2-1-10-20-14/h1-6,10,15H,7-9,11H2. The van der Waals surface area contributed by atoms with Crippen molar-refractivity contribution in [2.24, 2.45) is 0 Å². The molecule has 0 bridgehead atoms. The maximum Gasteiger partial charge on any atom is 0.253 e. The van der Waals surface area contributed by atoms with E-state index in [0.717, 1.165) is 31.0 Å². The van der Waals surface area contributed by atoms with Crippen LogP contribution in [0.15, 0.2) is 47.1 Å². The molecule has 1 unspecified atom stereocenters. The quantitative estimate of drug-likeness (QED) is 0.829. The fourth-order valence-electron chi connectivity index (χ4n) is 2.45. The van der Waals surface area contributed by atoms with Gasteiger partial charge in [0.05, 0.1) is 11.5 Å². The number of furan rings is 1. The van der Waals surface area contributed by atoms with E-state index in [2.05, 4.69) is 0 Å². The van der Waals surface area contributed by atoms with Crippen LogP contribution in [0.4, 0.5) is 0 Å². The number of benzene rings is 1. The number of carbonyl (C=O) groups excluding carboxylic acids is 1. The molecule has 2 heterocycles. The summed E-state index contributed by atoms with van der Waals surface area (Å²) in [7, 11) is 0. The van der Waals surface area contributed by atoms with Gasteiger partial charge < -0.3 is 9.32 Å². The van der Waals surface area contributed by atoms with Gasteiger partial charge in [-0.3, -0.25) is 4.79 Å². The first kappa shape index (κ1) is 14.5. The Balaban J connectivity index is 1.67. The first-order chi connectivity index (χ1) is 10.2. The van der Waals surface area contributed by atoms with Crippen molar-refractivity contribution in [3.05, 3.63) is 59.0 Å². The summed E-state index contributed by atoms with van der Waals surface area (Å²) in [5, 5.41) is 0.985. The predicted octanol–water partition coefficient (Wildman–Crippen LogP) is 4.25. The Morgan fingerprint density at radius 3 is 2.76 bits per heavy atom. The number of amides is 1. The lowest BCUT2D eigenvalue weighted by atomic mass is 10.2. The molecule has 1 aliphatic heterocycles. The lowest BCUT2D eigenvalue weighted by Gasteiger charge is -2.20. The number of hydrogen-bond acceptors (Lipinski definition) is 3. The molecule has 0 N–H and O–H groups in total. The van der Waals surface area contributed by atoms with Crippen molar-refractivity contribution in [1.29, 1.82) is 0 Å². The van der Waals surface area contributed by atoms with Crippen molar-refractivity contribution in [2.45, 2.75) is 11.7 Å². The summed E-state index contributed by atoms with van der Waals surface area (Å²) in [6.45, 7) is 1.52. The minimum atomic E-state index is 0.0763. The molecule has 21 heavy (non-hydrogen) atoms. The van der Waals surface area contributed by atoms with Crippen LogP contribution in [-0.2, 0) is 0 Å². The van der Waals surface area contributed by atoms with Crippen LogP contribution in [0.25, 0.3) is 0 Å². The van der Waals surface area contributed by atoms with Crippen LogP contribution in [0.2, 0.25) is 5.02 Å². The Labute approximate surface area is 133 Å². The summed E-state index contributed by atoms with van der Waals surface area (Å²) in [6, 6.07) is 11.0. The number of thioether (sulfide) groups is 1. The fraction of sp³-hybridized carbons (Fsp3) is 0.312. The van der Waals surface area contributed by atoms with Gasteiger partial charge in [-0.1, -0.05) is 11.6 Å². The molecule has 0 aliphatic carbocycles. The van der Waals surface area contributed by atoms with E-state index in [0.29, 0.717) is 15.8 Å². The minimum absolute atomic E-state index is 0.0763. The molecule has 1 atom stereocenters. The van der Waals surface area contributed by atoms with E-state index >= 15 is 0 Å². The van der Waals surface area contributed by atoms with Gasteiger partial charge in [-0.05, 0) is 42.8 Å². The summed E-state index contributed by atoms with van der Waals surface area (Å²) >= 11 is 7.72. The summed E-state index contributed by atoms with van der Waals surface area (Å²) < 4.78 is 5.48. The summed E-state index contributed by atoms with van der Waals surface area (Å²) in [6.07, 6.45) is 2.62. The molecule has 5 heteroatoms. The monoisotopic (exact) mass is 321 g/mol. The molecule has 0 radical (unpaired) electrons. The highest BCUT2D eigenvalue weighted by Gasteiger charge is 2.24. The van der Waals surface area contributed by atoms with Crippen molar-refractivity contribution in [2.75, 3.05) is 18.8 Å². The van der Waals surface area contributed by atoms with E-state index in [1.54, 1.807) is 30.5 Å². The Morgan fingerprint density at radius 1 is 1.24 bits per heavy atom. The van der Waals surface area contributed by atoms with Crippen molar-refractivity contribution in [3.8, 4) is 0 Å². The van der Waals surface area contributed by atoms with Gasteiger partial charge in [0.25, 0.3) is 5.91 Å². The van der Waals surface area contributed by atoms with Crippen LogP contribution in [0.3, 0.4) is 0 Å². The maximum absolute atomic E-state index is 12.5. The molecule has 1 aliphatic rings. The Morgan fingerprint density at radius 2 is 2.05 bits per heavy atom. The smallest absolute Gasteiger partial charge is 0.253 e. The lowest BCUT2D eigenvalue weighted by molar-refractivity contribution is 0.0766. The van der Waals surface area contributed by atoms with Crippen LogP contribution in [0.1, 0.15) is 27.8 Å². The molecule has 1 aromatic carbocycles. The third-order valence-electron chi connectivity index (χ3n) is 3.58. The average molecular weight is 322 g/mol. The molecule has 1 fully saturated rings. The molecule has 1 saturated heterocycles. The van der Waals surface area contributed by atoms with E-state index < -0.39 is 0 Å². The second kappa shape index (κ2) is 6.58. The highest BCUT2D eigenvalue weighted by atomic mass is 35.5. The first-order valence-corrected chi connectivity index (χ1v) is 8.36. The summed E-state index contributed by atoms with van der Waals surface area (Å²) in [5.41, 5.74) is 0.695. The lowest BCUT2D eigenvalue weighted by Crippen LogP contribution is -2.32. The zero-order valence-corrected chi connectivity index (χ0v) is 13.1. The van der Waals surface area contributed by atoms with Crippen LogP contribution in [-0.4, -0.2) is 29.6 Å². The zero-order valence-electron chi connectivity index (χ0n) is 11.5. The topological polar surface area (TPSA) is 33.5 Å². The molecule has 110 valence electrons. The van der Waals surface area contributed by atoms with Crippen LogP contribution < -0.4 is 0 Å². The summed E-state index contributed by atoms with van der Waals surface area (Å²) in [4.78, 5) is 14.4. The van der Waals surface area contributed by atoms with Crippen molar-refractivity contribution in [3.63, 3.8) is 0 Å². The Kier molecular flexibility index (Phi) is 4.56. The average Bonchev–Trinajstić information content (AvgIpc) is 2.92. The zero-order chi connectivity index (χ0) is 14.7. The Bertz CT molecular complexity index is 597. The third kappa shape index (κ3) is 3.44. The number of nitrogens with zero attached hydrogens (tertiary/aromatic N) is 1. The molecule has 1 amide bonds. The first-order valence-electron chi connectivity index (χ1n) is 6.94. The van der Waals surface area contributed by atoms with E-state index in [4.69, 9.17) is 16.0 Å². The van der Waals surface area contributed by atoms with Gasteiger partial charge in [0.15, 0.2) is 0 Å². The molecule has 3 nitrogen and oxygen atoms in total. The number of rotatable bonds is 2. The minimum Gasteiger partial charge on any atom is -0.468 e. The highest BCUT2D eigenvalue weighted by Crippen LogP contribution is 2.34. The molecule has 0 spiro atoms. The van der Waals surface area contributed by atoms with Gasteiger partial charge in [0.1, 0.15) is 5.76 Å². The van der Waals surface area contributed by atoms with Crippen LogP contribution in [0.5, 0.6) is 0 Å². The van der Waals surface area contributed by atoms with Crippen molar-refractivity contribution in [1.82, 2.24) is 4.90 Å². The Hall–Kier alpha value is -1.39. The largest absolute Gasteiger partial charge is 0.468 e. The van der Waals surface area contributed by atoms with Gasteiger partial charge in [-0.15, -0.1) is 11.8 Å². The molecule has 0 saturated carbocycles. The third-order valence-corrected chi connectivity index (χ3v) is 5.12. The molecule has 1 aromatic heterocycles. The van der Waals surface area contributed by atoms with E-state index in [1.165, 1.54) is 0 Å². The van der Waals surface area contributed by atoms with Gasteiger partial charge in [-0.25, -0.2) is 0 Å². The fourth-order valence-corrected chi connectivity index (χ4v) is 3.76. The SMILES string of the molecule is O=C(c1ccc(Cl)cc1)N1CCSC(c2ccco2)CC1. The van der Waals surface area contributed by atoms with Crippen molar-refractivity contribution < 1.29 is 9.21 Å². The number of halogens is 1. The van der Waals surface area contributed by atoms with Gasteiger partial charge >= 0.3 is 0 Å². The normalized spacial score (nSPS) is 19.3. The van der Waals surface area contributed by atoms with E-state index in [-0.39, 0.29) is 5.91 Å². The molecule has 2 aromatic rings. The van der Waals surface area contributed by atoms with Crippen LogP contribution in [0, 0.1) is 0 Å². The second-order valence-corrected chi connectivity index (χ2v) is 6.71. The van der Waals surface area contributed by atoms with Crippen LogP contribution >= 0.6 is 23.4 Å². The van der Waals surface area contributed by atoms with Gasteiger partial charge in [0.2, 0.25) is 0 Å². The summed E-state index contributed by atoms with van der Waals surface area (Å²) in [5.74, 6) is 2.00. The number of carbonyl (C=O) groups is 1. The number of hydrogen-bond donors (Lipinski definition) is 0. The molecular weight excluding hydrogens is 306 g/mol. The molecular formula is C16H16ClNO2S. The van der Waals surface area contributed by atoms with Gasteiger partial charge in [0, 0.05) is 29.4 Å². The highest BCUT2D eigenvalue weighted by molar-refractivity contribution is 7.99. The molecule has 3 rings (SSSR count). The second-order valence-electron chi connectivity index (χ2n) is 4.96. The van der Waals surface area contributed by atoms with Crippen molar-refractivity contribution >= 4 is 29.3 Å².